The molecule has 1 amide bonds. The molecular formula is C25H28N4O3. The van der Waals surface area contributed by atoms with Crippen LogP contribution in [0.3, 0.4) is 0 Å². The van der Waals surface area contributed by atoms with Crippen LogP contribution in [-0.4, -0.2) is 44.2 Å². The van der Waals surface area contributed by atoms with Crippen LogP contribution in [0.25, 0.3) is 0 Å². The third kappa shape index (κ3) is 5.00. The number of para-hydroxylation sites is 2. The average molecular weight is 433 g/mol. The summed E-state index contributed by atoms with van der Waals surface area (Å²) in [6.07, 6.45) is 2.65. The molecule has 0 spiro atoms. The number of rotatable bonds is 8. The van der Waals surface area contributed by atoms with Gasteiger partial charge in [-0.25, -0.2) is 4.98 Å². The summed E-state index contributed by atoms with van der Waals surface area (Å²) < 4.78 is 10.9. The minimum absolute atomic E-state index is 0.163. The zero-order chi connectivity index (χ0) is 22.3. The van der Waals surface area contributed by atoms with Crippen molar-refractivity contribution in [1.29, 1.82) is 0 Å². The highest BCUT2D eigenvalue weighted by Crippen LogP contribution is 2.30. The van der Waals surface area contributed by atoms with E-state index in [1.54, 1.807) is 20.4 Å². The number of benzene rings is 2. The number of aromatic nitrogens is 1. The van der Waals surface area contributed by atoms with Crippen molar-refractivity contribution in [3.05, 3.63) is 78.0 Å². The Morgan fingerprint density at radius 1 is 1.06 bits per heavy atom. The number of ether oxygens (including phenoxy) is 2. The maximum Gasteiger partial charge on any atom is 0.257 e. The van der Waals surface area contributed by atoms with Gasteiger partial charge in [0.05, 0.1) is 19.8 Å². The molecule has 0 radical (unpaired) electrons. The summed E-state index contributed by atoms with van der Waals surface area (Å²) >= 11 is 0. The fraction of sp³-hybridized carbons (Fsp3) is 0.280. The quantitative estimate of drug-likeness (QED) is 0.565. The predicted molar refractivity (Wildman–Crippen MR) is 126 cm³/mol. The molecule has 1 atom stereocenters. The minimum Gasteiger partial charge on any atom is -0.493 e. The number of methoxy groups -OCH3 is 2. The van der Waals surface area contributed by atoms with Crippen LogP contribution in [0.2, 0.25) is 0 Å². The summed E-state index contributed by atoms with van der Waals surface area (Å²) in [4.78, 5) is 19.2. The van der Waals surface area contributed by atoms with Gasteiger partial charge < -0.3 is 25.0 Å². The van der Waals surface area contributed by atoms with Gasteiger partial charge in [0.2, 0.25) is 0 Å². The van der Waals surface area contributed by atoms with Crippen molar-refractivity contribution in [2.75, 3.05) is 37.5 Å². The normalized spacial score (nSPS) is 15.4. The molecule has 1 aromatic heterocycles. The van der Waals surface area contributed by atoms with Crippen LogP contribution in [0.15, 0.2) is 66.9 Å². The third-order valence-corrected chi connectivity index (χ3v) is 5.62. The molecule has 1 aliphatic heterocycles. The van der Waals surface area contributed by atoms with Crippen LogP contribution in [0.5, 0.6) is 11.5 Å². The SMILES string of the molecule is COc1cccc(CN[C@@H]2CCN(c3ccc(C(=O)Nc4ccccc4)cn3)C2)c1OC. The van der Waals surface area contributed by atoms with Crippen LogP contribution in [0, 0.1) is 0 Å². The highest BCUT2D eigenvalue weighted by molar-refractivity contribution is 6.04. The van der Waals surface area contributed by atoms with E-state index in [-0.39, 0.29) is 5.91 Å². The van der Waals surface area contributed by atoms with E-state index in [1.165, 1.54) is 0 Å². The Morgan fingerprint density at radius 3 is 2.62 bits per heavy atom. The zero-order valence-electron chi connectivity index (χ0n) is 18.4. The Hall–Kier alpha value is -3.58. The molecule has 7 heteroatoms. The van der Waals surface area contributed by atoms with E-state index in [0.29, 0.717) is 18.2 Å². The van der Waals surface area contributed by atoms with E-state index in [4.69, 9.17) is 9.47 Å². The Balaban J connectivity index is 1.32. The molecule has 4 rings (SSSR count). The lowest BCUT2D eigenvalue weighted by molar-refractivity contribution is 0.102. The highest BCUT2D eigenvalue weighted by Gasteiger charge is 2.24. The molecule has 1 saturated heterocycles. The number of hydrogen-bond acceptors (Lipinski definition) is 6. The molecule has 0 unspecified atom stereocenters. The Labute approximate surface area is 188 Å². The summed E-state index contributed by atoms with van der Waals surface area (Å²) in [7, 11) is 3.31. The molecule has 0 saturated carbocycles. The van der Waals surface area contributed by atoms with Gasteiger partial charge in [0.15, 0.2) is 11.5 Å². The molecule has 2 heterocycles. The topological polar surface area (TPSA) is 75.7 Å². The number of nitrogens with one attached hydrogen (secondary N) is 2. The van der Waals surface area contributed by atoms with Crippen molar-refractivity contribution < 1.29 is 14.3 Å². The highest BCUT2D eigenvalue weighted by atomic mass is 16.5. The molecule has 2 N–H and O–H groups in total. The van der Waals surface area contributed by atoms with E-state index < -0.39 is 0 Å². The molecule has 1 fully saturated rings. The molecule has 2 aromatic carbocycles. The monoisotopic (exact) mass is 432 g/mol. The summed E-state index contributed by atoms with van der Waals surface area (Å²) in [5.74, 6) is 2.22. The first kappa shape index (κ1) is 21.6. The van der Waals surface area contributed by atoms with Crippen molar-refractivity contribution in [2.24, 2.45) is 0 Å². The predicted octanol–water partition coefficient (Wildman–Crippen LogP) is 3.72. The number of carbonyl (C=O) groups excluding carboxylic acids is 1. The van der Waals surface area contributed by atoms with Crippen molar-refractivity contribution in [1.82, 2.24) is 10.3 Å². The molecule has 166 valence electrons. The maximum absolute atomic E-state index is 12.4. The van der Waals surface area contributed by atoms with E-state index in [9.17, 15) is 4.79 Å². The number of amides is 1. The van der Waals surface area contributed by atoms with E-state index in [0.717, 1.165) is 48.1 Å². The largest absolute Gasteiger partial charge is 0.493 e. The summed E-state index contributed by atoms with van der Waals surface area (Å²) in [5, 5.41) is 6.49. The van der Waals surface area contributed by atoms with Gasteiger partial charge in [0.25, 0.3) is 5.91 Å². The Kier molecular flexibility index (Phi) is 6.87. The number of carbonyl (C=O) groups is 1. The second kappa shape index (κ2) is 10.2. The first-order valence-corrected chi connectivity index (χ1v) is 10.7. The standard InChI is InChI=1S/C25H28N4O3/c1-31-22-10-6-7-18(24(22)32-2)15-26-21-13-14-29(17-21)23-12-11-19(16-27-23)25(30)28-20-8-4-3-5-9-20/h3-12,16,21,26H,13-15,17H2,1-2H3,(H,28,30)/t21-/m1/s1. The van der Waals surface area contributed by atoms with Gasteiger partial charge in [-0.05, 0) is 36.8 Å². The molecule has 0 aliphatic carbocycles. The van der Waals surface area contributed by atoms with Gasteiger partial charge in [0, 0.05) is 43.1 Å². The van der Waals surface area contributed by atoms with Gasteiger partial charge >= 0.3 is 0 Å². The molecule has 0 bridgehead atoms. The number of pyridine rings is 1. The molecule has 32 heavy (non-hydrogen) atoms. The van der Waals surface area contributed by atoms with Crippen LogP contribution >= 0.6 is 0 Å². The molecule has 7 nitrogen and oxygen atoms in total. The maximum atomic E-state index is 12.4. The Bertz CT molecular complexity index is 1040. The van der Waals surface area contributed by atoms with Crippen molar-refractivity contribution >= 4 is 17.4 Å². The van der Waals surface area contributed by atoms with Crippen LogP contribution in [0.4, 0.5) is 11.5 Å². The van der Waals surface area contributed by atoms with E-state index in [1.807, 2.05) is 60.7 Å². The second-order valence-corrected chi connectivity index (χ2v) is 7.69. The van der Waals surface area contributed by atoms with Crippen molar-refractivity contribution in [3.8, 4) is 11.5 Å². The zero-order valence-corrected chi connectivity index (χ0v) is 18.4. The van der Waals surface area contributed by atoms with Gasteiger partial charge in [0.1, 0.15) is 5.82 Å². The third-order valence-electron chi connectivity index (χ3n) is 5.62. The lowest BCUT2D eigenvalue weighted by Crippen LogP contribution is -2.32. The van der Waals surface area contributed by atoms with E-state index in [2.05, 4.69) is 20.5 Å². The smallest absolute Gasteiger partial charge is 0.257 e. The Morgan fingerprint density at radius 2 is 1.91 bits per heavy atom. The van der Waals surface area contributed by atoms with Gasteiger partial charge in [-0.3, -0.25) is 4.79 Å². The minimum atomic E-state index is -0.163. The van der Waals surface area contributed by atoms with Gasteiger partial charge in [-0.1, -0.05) is 30.3 Å². The first-order chi connectivity index (χ1) is 15.7. The van der Waals surface area contributed by atoms with Crippen molar-refractivity contribution in [2.45, 2.75) is 19.0 Å². The lowest BCUT2D eigenvalue weighted by Gasteiger charge is -2.19. The lowest BCUT2D eigenvalue weighted by atomic mass is 10.1. The van der Waals surface area contributed by atoms with Crippen LogP contribution in [-0.2, 0) is 6.54 Å². The van der Waals surface area contributed by atoms with Crippen LogP contribution < -0.4 is 25.0 Å². The fourth-order valence-corrected chi connectivity index (χ4v) is 3.91. The van der Waals surface area contributed by atoms with E-state index >= 15 is 0 Å². The number of anilines is 2. The summed E-state index contributed by atoms with van der Waals surface area (Å²) in [6, 6.07) is 19.4. The summed E-state index contributed by atoms with van der Waals surface area (Å²) in [5.41, 5.74) is 2.37. The van der Waals surface area contributed by atoms with Gasteiger partial charge in [-0.15, -0.1) is 0 Å². The number of nitrogens with zero attached hydrogens (tertiary/aromatic N) is 2. The number of hydrogen-bond donors (Lipinski definition) is 2. The molecular weight excluding hydrogens is 404 g/mol. The fourth-order valence-electron chi connectivity index (χ4n) is 3.91. The summed E-state index contributed by atoms with van der Waals surface area (Å²) in [6.45, 7) is 2.47. The molecule has 3 aromatic rings. The average Bonchev–Trinajstić information content (AvgIpc) is 3.32. The molecule has 1 aliphatic rings. The van der Waals surface area contributed by atoms with Gasteiger partial charge in [-0.2, -0.15) is 0 Å². The first-order valence-electron chi connectivity index (χ1n) is 10.7. The van der Waals surface area contributed by atoms with Crippen molar-refractivity contribution in [3.63, 3.8) is 0 Å². The second-order valence-electron chi connectivity index (χ2n) is 7.69. The van der Waals surface area contributed by atoms with Crippen LogP contribution in [0.1, 0.15) is 22.3 Å².